The predicted octanol–water partition coefficient (Wildman–Crippen LogP) is -2.22. The number of carbonyl (C=O) groups excluding carboxylic acids is 4. The molecule has 0 bridgehead atoms. The van der Waals surface area contributed by atoms with Crippen molar-refractivity contribution in [3.63, 3.8) is 0 Å². The fourth-order valence-electron chi connectivity index (χ4n) is 2.67. The highest BCUT2D eigenvalue weighted by atomic mass is 16.4. The number of carboxylic acid groups (broad SMARTS) is 2. The molecule has 13 heteroatoms. The zero-order valence-electron chi connectivity index (χ0n) is 18.6. The van der Waals surface area contributed by atoms with Crippen molar-refractivity contribution in [3.8, 4) is 0 Å². The van der Waals surface area contributed by atoms with Crippen LogP contribution in [-0.4, -0.2) is 77.0 Å². The number of nitrogens with two attached hydrogens (primary N) is 1. The van der Waals surface area contributed by atoms with Gasteiger partial charge in [-0.3, -0.25) is 28.8 Å². The first kappa shape index (κ1) is 28.8. The number of carbonyl (C=O) groups is 6. The second-order valence-corrected chi connectivity index (χ2v) is 7.95. The molecule has 0 spiro atoms. The Kier molecular flexibility index (Phi) is 12.6. The summed E-state index contributed by atoms with van der Waals surface area (Å²) in [6.45, 7) is 5.80. The lowest BCUT2D eigenvalue weighted by molar-refractivity contribution is -0.142. The minimum atomic E-state index is -1.54. The minimum Gasteiger partial charge on any atom is -0.481 e. The van der Waals surface area contributed by atoms with Crippen LogP contribution in [0.1, 0.15) is 40.5 Å². The van der Waals surface area contributed by atoms with Crippen molar-refractivity contribution in [3.05, 3.63) is 0 Å². The average molecular weight is 460 g/mol. The van der Waals surface area contributed by atoms with Gasteiger partial charge in [0.15, 0.2) is 0 Å². The van der Waals surface area contributed by atoms with Crippen LogP contribution in [0.5, 0.6) is 0 Å². The van der Waals surface area contributed by atoms with Crippen LogP contribution in [0.2, 0.25) is 0 Å². The molecule has 0 aromatic carbocycles. The van der Waals surface area contributed by atoms with Crippen LogP contribution in [0.3, 0.4) is 0 Å². The Bertz CT molecular complexity index is 710. The lowest BCUT2D eigenvalue weighted by Gasteiger charge is -2.26. The molecule has 3 atom stereocenters. The van der Waals surface area contributed by atoms with E-state index in [1.165, 1.54) is 0 Å². The lowest BCUT2D eigenvalue weighted by Crippen LogP contribution is -2.58. The van der Waals surface area contributed by atoms with E-state index in [1.54, 1.807) is 27.7 Å². The molecule has 0 heterocycles. The Balaban J connectivity index is 5.51. The van der Waals surface area contributed by atoms with Crippen LogP contribution in [-0.2, 0) is 28.8 Å². The molecule has 0 unspecified atom stereocenters. The normalized spacial score (nSPS) is 13.6. The molecule has 0 aromatic heterocycles. The van der Waals surface area contributed by atoms with Gasteiger partial charge in [-0.1, -0.05) is 27.7 Å². The third kappa shape index (κ3) is 11.2. The number of hydrogen-bond donors (Lipinski definition) is 7. The van der Waals surface area contributed by atoms with Crippen LogP contribution in [0.15, 0.2) is 0 Å². The summed E-state index contributed by atoms with van der Waals surface area (Å²) in [4.78, 5) is 71.1. The standard InChI is InChI=1S/C19H33N5O8/c1-9(2)5-11(17(30)21-8-15(28)29)22-18(31)12(6-14(26)27)23-19(32)16(10(3)4)24-13(25)7-20/h9-12,16H,5-8,20H2,1-4H3,(H,21,30)(H,22,31)(H,23,32)(H,24,25)(H,26,27)(H,28,29)/t11-,12-,16-/m0/s1. The van der Waals surface area contributed by atoms with E-state index >= 15 is 0 Å². The summed E-state index contributed by atoms with van der Waals surface area (Å²) in [5.74, 6) is -6.22. The number of nitrogens with one attached hydrogen (secondary N) is 4. The second-order valence-electron chi connectivity index (χ2n) is 7.95. The van der Waals surface area contributed by atoms with Gasteiger partial charge in [0, 0.05) is 0 Å². The Labute approximate surface area is 185 Å². The molecular weight excluding hydrogens is 426 g/mol. The molecule has 32 heavy (non-hydrogen) atoms. The van der Waals surface area contributed by atoms with E-state index < -0.39 is 72.6 Å². The van der Waals surface area contributed by atoms with E-state index in [4.69, 9.17) is 15.9 Å². The third-order valence-electron chi connectivity index (χ3n) is 4.22. The van der Waals surface area contributed by atoms with Crippen LogP contribution < -0.4 is 27.0 Å². The van der Waals surface area contributed by atoms with Gasteiger partial charge in [0.05, 0.1) is 13.0 Å². The van der Waals surface area contributed by atoms with E-state index in [-0.39, 0.29) is 18.9 Å². The maximum atomic E-state index is 12.7. The quantitative estimate of drug-likeness (QED) is 0.149. The summed E-state index contributed by atoms with van der Waals surface area (Å²) in [7, 11) is 0. The molecule has 0 aromatic rings. The van der Waals surface area contributed by atoms with Gasteiger partial charge in [-0.15, -0.1) is 0 Å². The molecule has 0 rings (SSSR count). The summed E-state index contributed by atoms with van der Waals surface area (Å²) in [5, 5.41) is 27.1. The maximum Gasteiger partial charge on any atom is 0.322 e. The van der Waals surface area contributed by atoms with Crippen molar-refractivity contribution < 1.29 is 39.0 Å². The number of rotatable bonds is 14. The van der Waals surface area contributed by atoms with Crippen LogP contribution in [0.4, 0.5) is 0 Å². The monoisotopic (exact) mass is 459 g/mol. The summed E-state index contributed by atoms with van der Waals surface area (Å²) in [5.41, 5.74) is 5.24. The Morgan fingerprint density at radius 3 is 1.78 bits per heavy atom. The largest absolute Gasteiger partial charge is 0.481 e. The second kappa shape index (κ2) is 14.0. The Morgan fingerprint density at radius 2 is 1.34 bits per heavy atom. The molecule has 0 fully saturated rings. The van der Waals surface area contributed by atoms with E-state index in [0.29, 0.717) is 0 Å². The summed E-state index contributed by atoms with van der Waals surface area (Å²) in [6.07, 6.45) is -0.634. The van der Waals surface area contributed by atoms with Crippen molar-refractivity contribution in [2.24, 2.45) is 17.6 Å². The van der Waals surface area contributed by atoms with Crippen molar-refractivity contribution in [1.82, 2.24) is 21.3 Å². The predicted molar refractivity (Wildman–Crippen MR) is 112 cm³/mol. The van der Waals surface area contributed by atoms with Crippen LogP contribution >= 0.6 is 0 Å². The molecule has 13 nitrogen and oxygen atoms in total. The molecular formula is C19H33N5O8. The zero-order valence-corrected chi connectivity index (χ0v) is 18.6. The summed E-state index contributed by atoms with van der Waals surface area (Å²) >= 11 is 0. The van der Waals surface area contributed by atoms with Crippen molar-refractivity contribution in [1.29, 1.82) is 0 Å². The van der Waals surface area contributed by atoms with Gasteiger partial charge in [-0.25, -0.2) is 0 Å². The third-order valence-corrected chi connectivity index (χ3v) is 4.22. The molecule has 0 aliphatic rings. The van der Waals surface area contributed by atoms with Gasteiger partial charge in [0.2, 0.25) is 23.6 Å². The number of amides is 4. The minimum absolute atomic E-state index is 0.0693. The van der Waals surface area contributed by atoms with Crippen molar-refractivity contribution in [2.45, 2.75) is 58.7 Å². The number of carboxylic acids is 2. The van der Waals surface area contributed by atoms with Crippen LogP contribution in [0, 0.1) is 11.8 Å². The van der Waals surface area contributed by atoms with E-state index in [0.717, 1.165) is 0 Å². The first-order valence-electron chi connectivity index (χ1n) is 10.1. The van der Waals surface area contributed by atoms with Gasteiger partial charge in [-0.05, 0) is 18.3 Å². The summed E-state index contributed by atoms with van der Waals surface area (Å²) < 4.78 is 0. The highest BCUT2D eigenvalue weighted by Crippen LogP contribution is 2.07. The lowest BCUT2D eigenvalue weighted by atomic mass is 10.0. The SMILES string of the molecule is CC(C)C[C@H](NC(=O)[C@H](CC(=O)O)NC(=O)[C@@H](NC(=O)CN)C(C)C)C(=O)NCC(=O)O. The maximum absolute atomic E-state index is 12.7. The first-order chi connectivity index (χ1) is 14.8. The Morgan fingerprint density at radius 1 is 0.781 bits per heavy atom. The fourth-order valence-corrected chi connectivity index (χ4v) is 2.67. The smallest absolute Gasteiger partial charge is 0.322 e. The average Bonchev–Trinajstić information content (AvgIpc) is 2.67. The summed E-state index contributed by atoms with van der Waals surface area (Å²) in [6, 6.07) is -3.76. The molecule has 4 amide bonds. The van der Waals surface area contributed by atoms with Crippen LogP contribution in [0.25, 0.3) is 0 Å². The molecule has 0 saturated heterocycles. The van der Waals surface area contributed by atoms with Crippen molar-refractivity contribution in [2.75, 3.05) is 13.1 Å². The van der Waals surface area contributed by atoms with Gasteiger partial charge in [0.25, 0.3) is 0 Å². The molecule has 0 aliphatic carbocycles. The molecule has 8 N–H and O–H groups in total. The molecule has 182 valence electrons. The van der Waals surface area contributed by atoms with E-state index in [2.05, 4.69) is 21.3 Å². The fraction of sp³-hybridized carbons (Fsp3) is 0.684. The van der Waals surface area contributed by atoms with E-state index in [9.17, 15) is 28.8 Å². The van der Waals surface area contributed by atoms with Gasteiger partial charge < -0.3 is 37.2 Å². The van der Waals surface area contributed by atoms with E-state index in [1.807, 2.05) is 0 Å². The highest BCUT2D eigenvalue weighted by Gasteiger charge is 2.32. The Hall–Kier alpha value is -3.22. The number of aliphatic carboxylic acids is 2. The molecule has 0 saturated carbocycles. The number of hydrogen-bond acceptors (Lipinski definition) is 7. The highest BCUT2D eigenvalue weighted by molar-refractivity contribution is 5.96. The zero-order chi connectivity index (χ0) is 25.0. The van der Waals surface area contributed by atoms with Crippen molar-refractivity contribution >= 4 is 35.6 Å². The van der Waals surface area contributed by atoms with Gasteiger partial charge in [0.1, 0.15) is 24.7 Å². The first-order valence-corrected chi connectivity index (χ1v) is 10.1. The topological polar surface area (TPSA) is 217 Å². The van der Waals surface area contributed by atoms with Gasteiger partial charge in [-0.2, -0.15) is 0 Å². The molecule has 0 radical (unpaired) electrons. The van der Waals surface area contributed by atoms with Gasteiger partial charge >= 0.3 is 11.9 Å². The molecule has 0 aliphatic heterocycles.